The minimum absolute atomic E-state index is 0.112. The van der Waals surface area contributed by atoms with E-state index in [1.807, 2.05) is 13.1 Å². The Morgan fingerprint density at radius 1 is 1.15 bits per heavy atom. The number of fused-ring (bicyclic) bond motifs is 1. The molecule has 1 aliphatic heterocycles. The first-order chi connectivity index (χ1) is 18.8. The molecule has 1 aliphatic carbocycles. The van der Waals surface area contributed by atoms with Crippen molar-refractivity contribution < 1.29 is 18.8 Å². The average Bonchev–Trinajstić information content (AvgIpc) is 3.56. The summed E-state index contributed by atoms with van der Waals surface area (Å²) < 4.78 is 5.64. The van der Waals surface area contributed by atoms with Gasteiger partial charge in [-0.15, -0.1) is 21.5 Å². The lowest BCUT2D eigenvalue weighted by Crippen LogP contribution is -2.56. The van der Waals surface area contributed by atoms with E-state index in [1.165, 1.54) is 29.7 Å². The summed E-state index contributed by atoms with van der Waals surface area (Å²) in [7, 11) is 2.03. The molecule has 39 heavy (non-hydrogen) atoms. The number of aryl methyl sites for hydroxylation is 1. The molecule has 14 heteroatoms. The molecule has 3 aromatic rings. The highest BCUT2D eigenvalue weighted by molar-refractivity contribution is 7.13. The Balaban J connectivity index is 1.28. The number of carbonyl (C=O) groups excluding carboxylic acids is 3. The fourth-order valence-electron chi connectivity index (χ4n) is 4.80. The number of likely N-dealkylation sites (N-methyl/N-ethyl adjacent to an activating group) is 1. The molecular weight excluding hydrogens is 522 g/mol. The number of nitrogens with zero attached hydrogens (tertiary/aromatic N) is 6. The van der Waals surface area contributed by atoms with Gasteiger partial charge in [0.05, 0.1) is 17.3 Å². The number of aromatic nitrogens is 4. The molecule has 13 nitrogen and oxygen atoms in total. The van der Waals surface area contributed by atoms with Crippen molar-refractivity contribution in [1.29, 1.82) is 5.26 Å². The first-order valence-corrected chi connectivity index (χ1v) is 13.4. The van der Waals surface area contributed by atoms with Gasteiger partial charge in [0, 0.05) is 49.5 Å². The Labute approximate surface area is 228 Å². The largest absolute Gasteiger partial charge is 0.425 e. The quantitative estimate of drug-likeness (QED) is 0.393. The minimum Gasteiger partial charge on any atom is -0.425 e. The lowest BCUT2D eigenvalue weighted by Gasteiger charge is -2.35. The zero-order valence-corrected chi connectivity index (χ0v) is 22.2. The predicted octanol–water partition coefficient (Wildman–Crippen LogP) is 1.28. The first kappa shape index (κ1) is 26.4. The van der Waals surface area contributed by atoms with E-state index >= 15 is 0 Å². The summed E-state index contributed by atoms with van der Waals surface area (Å²) >= 11 is 1.38. The molecule has 2 aliphatic rings. The fraction of sp³-hybridized carbons (Fsp3) is 0.440. The van der Waals surface area contributed by atoms with E-state index in [-0.39, 0.29) is 17.6 Å². The topological polar surface area (TPSA) is 179 Å². The van der Waals surface area contributed by atoms with Crippen LogP contribution in [0.3, 0.4) is 0 Å². The van der Waals surface area contributed by atoms with Gasteiger partial charge in [0.25, 0.3) is 5.91 Å². The second-order valence-corrected chi connectivity index (χ2v) is 10.8. The summed E-state index contributed by atoms with van der Waals surface area (Å²) in [4.78, 5) is 50.4. The van der Waals surface area contributed by atoms with Crippen LogP contribution in [0.5, 0.6) is 0 Å². The monoisotopic (exact) mass is 549 g/mol. The number of anilines is 1. The van der Waals surface area contributed by atoms with E-state index in [0.717, 1.165) is 30.1 Å². The van der Waals surface area contributed by atoms with Crippen LogP contribution in [0.25, 0.3) is 0 Å². The smallest absolute Gasteiger partial charge is 0.314 e. The van der Waals surface area contributed by atoms with Crippen LogP contribution < -0.4 is 16.0 Å². The van der Waals surface area contributed by atoms with E-state index < -0.39 is 23.9 Å². The van der Waals surface area contributed by atoms with Gasteiger partial charge in [-0.05, 0) is 38.4 Å². The molecule has 3 N–H and O–H groups in total. The van der Waals surface area contributed by atoms with Gasteiger partial charge in [-0.2, -0.15) is 5.26 Å². The van der Waals surface area contributed by atoms with Crippen LogP contribution in [-0.4, -0.2) is 68.5 Å². The summed E-state index contributed by atoms with van der Waals surface area (Å²) in [6, 6.07) is 3.85. The normalized spacial score (nSPS) is 20.9. The lowest BCUT2D eigenvalue weighted by atomic mass is 9.82. The van der Waals surface area contributed by atoms with Gasteiger partial charge in [0.15, 0.2) is 5.01 Å². The average molecular weight is 550 g/mol. The van der Waals surface area contributed by atoms with Crippen molar-refractivity contribution in [2.75, 3.05) is 18.9 Å². The standard InChI is InChI=1S/C25H27N9O4S/c1-13-32-33-24(38-13)15-4-5-16(28-21(35)22(36)31-20-6-3-14(10-26)11-27-20)18(9-15)29-23(37)25-30-17-7-8-34(2)12-19(17)39-25/h3,6,11,15-16,18H,4-5,7-9,12H2,1-2H3,(H,28,35)(H,29,37)(H,27,31,36)/t15-,16-,18+/m0/s1. The van der Waals surface area contributed by atoms with Crippen LogP contribution in [-0.2, 0) is 22.6 Å². The van der Waals surface area contributed by atoms with Gasteiger partial charge in [-0.3, -0.25) is 14.4 Å². The number of thiazole rings is 1. The number of rotatable bonds is 5. The number of nitriles is 1. The number of hydrogen-bond acceptors (Lipinski definition) is 11. The maximum Gasteiger partial charge on any atom is 0.314 e. The summed E-state index contributed by atoms with van der Waals surface area (Å²) in [5.74, 6) is -1.11. The van der Waals surface area contributed by atoms with Crippen molar-refractivity contribution >= 4 is 34.9 Å². The molecule has 0 aromatic carbocycles. The lowest BCUT2D eigenvalue weighted by molar-refractivity contribution is -0.136. The summed E-state index contributed by atoms with van der Waals surface area (Å²) in [5.41, 5.74) is 1.28. The SMILES string of the molecule is Cc1nnc([C@H]2CC[C@H](NC(=O)C(=O)Nc3ccc(C#N)cn3)[C@H](NC(=O)c3nc4c(s3)CN(C)CC4)C2)o1. The highest BCUT2D eigenvalue weighted by Gasteiger charge is 2.37. The summed E-state index contributed by atoms with van der Waals surface area (Å²) in [6.07, 6.45) is 3.62. The van der Waals surface area contributed by atoms with E-state index in [0.29, 0.717) is 41.6 Å². The number of amides is 3. The van der Waals surface area contributed by atoms with Gasteiger partial charge in [-0.25, -0.2) is 9.97 Å². The number of nitrogens with one attached hydrogen (secondary N) is 3. The molecule has 1 saturated carbocycles. The second-order valence-electron chi connectivity index (χ2n) is 9.70. The van der Waals surface area contributed by atoms with Crippen LogP contribution in [0.4, 0.5) is 5.82 Å². The van der Waals surface area contributed by atoms with E-state index in [4.69, 9.17) is 9.68 Å². The number of carbonyl (C=O) groups is 3. The Bertz CT molecular complexity index is 1430. The Morgan fingerprint density at radius 3 is 2.72 bits per heavy atom. The fourth-order valence-corrected chi connectivity index (χ4v) is 5.89. The third-order valence-electron chi connectivity index (χ3n) is 6.83. The van der Waals surface area contributed by atoms with Crippen molar-refractivity contribution in [3.05, 3.63) is 51.3 Å². The molecule has 0 unspecified atom stereocenters. The van der Waals surface area contributed by atoms with Crippen LogP contribution in [0, 0.1) is 18.3 Å². The van der Waals surface area contributed by atoms with Crippen molar-refractivity contribution in [3.8, 4) is 6.07 Å². The molecule has 0 radical (unpaired) electrons. The van der Waals surface area contributed by atoms with E-state index in [2.05, 4.69) is 41.0 Å². The van der Waals surface area contributed by atoms with Crippen LogP contribution in [0.2, 0.25) is 0 Å². The molecule has 5 rings (SSSR count). The zero-order chi connectivity index (χ0) is 27.5. The maximum absolute atomic E-state index is 13.3. The van der Waals surface area contributed by atoms with Crippen molar-refractivity contribution in [1.82, 2.24) is 35.7 Å². The summed E-state index contributed by atoms with van der Waals surface area (Å²) in [5, 5.41) is 25.6. The predicted molar refractivity (Wildman–Crippen MR) is 139 cm³/mol. The van der Waals surface area contributed by atoms with Gasteiger partial charge >= 0.3 is 11.8 Å². The molecule has 0 spiro atoms. The molecule has 0 saturated heterocycles. The highest BCUT2D eigenvalue weighted by Crippen LogP contribution is 2.33. The van der Waals surface area contributed by atoms with E-state index in [1.54, 1.807) is 6.92 Å². The molecule has 3 atom stereocenters. The third kappa shape index (κ3) is 6.10. The maximum atomic E-state index is 13.3. The molecule has 3 amide bonds. The minimum atomic E-state index is -0.899. The van der Waals surface area contributed by atoms with Gasteiger partial charge in [-0.1, -0.05) is 0 Å². The molecule has 202 valence electrons. The zero-order valence-electron chi connectivity index (χ0n) is 21.4. The molecular formula is C25H27N9O4S. The Hall–Kier alpha value is -4.22. The third-order valence-corrected chi connectivity index (χ3v) is 7.91. The summed E-state index contributed by atoms with van der Waals surface area (Å²) in [6.45, 7) is 3.36. The van der Waals surface area contributed by atoms with Crippen molar-refractivity contribution in [2.24, 2.45) is 0 Å². The van der Waals surface area contributed by atoms with Crippen LogP contribution >= 0.6 is 11.3 Å². The van der Waals surface area contributed by atoms with Crippen molar-refractivity contribution in [2.45, 2.75) is 57.2 Å². The highest BCUT2D eigenvalue weighted by atomic mass is 32.1. The van der Waals surface area contributed by atoms with Gasteiger partial charge < -0.3 is 25.3 Å². The molecule has 1 fully saturated rings. The second kappa shape index (κ2) is 11.3. The van der Waals surface area contributed by atoms with Crippen LogP contribution in [0.1, 0.15) is 62.9 Å². The van der Waals surface area contributed by atoms with Gasteiger partial charge in [0.2, 0.25) is 11.8 Å². The number of pyridine rings is 1. The molecule has 4 heterocycles. The Morgan fingerprint density at radius 2 is 2.00 bits per heavy atom. The van der Waals surface area contributed by atoms with Crippen molar-refractivity contribution in [3.63, 3.8) is 0 Å². The van der Waals surface area contributed by atoms with Crippen LogP contribution in [0.15, 0.2) is 22.7 Å². The first-order valence-electron chi connectivity index (χ1n) is 12.5. The molecule has 0 bridgehead atoms. The molecule has 3 aromatic heterocycles. The Kier molecular flexibility index (Phi) is 7.62. The van der Waals surface area contributed by atoms with Gasteiger partial charge in [0.1, 0.15) is 11.9 Å². The van der Waals surface area contributed by atoms with E-state index in [9.17, 15) is 14.4 Å². The number of hydrogen-bond donors (Lipinski definition) is 3.